The predicted octanol–water partition coefficient (Wildman–Crippen LogP) is 2.12. The molecule has 1 aliphatic heterocycles. The molecule has 0 aromatic heterocycles. The van der Waals surface area contributed by atoms with Gasteiger partial charge in [0.25, 0.3) is 5.91 Å². The number of hydrogen-bond donors (Lipinski definition) is 3. The molecule has 2 aromatic carbocycles. The average Bonchev–Trinajstić information content (AvgIpc) is 2.90. The molecule has 3 atom stereocenters. The Morgan fingerprint density at radius 3 is 2.62 bits per heavy atom. The van der Waals surface area contributed by atoms with Crippen LogP contribution in [0.5, 0.6) is 11.5 Å². The first kappa shape index (κ1) is 23.6. The van der Waals surface area contributed by atoms with E-state index in [9.17, 15) is 9.59 Å². The zero-order valence-electron chi connectivity index (χ0n) is 18.6. The maximum atomic E-state index is 13.4. The summed E-state index contributed by atoms with van der Waals surface area (Å²) >= 11 is 0. The van der Waals surface area contributed by atoms with Crippen molar-refractivity contribution in [3.8, 4) is 11.5 Å². The van der Waals surface area contributed by atoms with Gasteiger partial charge >= 0.3 is 0 Å². The lowest BCUT2D eigenvalue weighted by Gasteiger charge is -2.27. The molecule has 0 saturated heterocycles. The molecule has 0 radical (unpaired) electrons. The summed E-state index contributed by atoms with van der Waals surface area (Å²) in [4.78, 5) is 27.3. The lowest BCUT2D eigenvalue weighted by atomic mass is 10.0. The second kappa shape index (κ2) is 11.0. The van der Waals surface area contributed by atoms with Gasteiger partial charge in [-0.2, -0.15) is 0 Å². The fourth-order valence-electron chi connectivity index (χ4n) is 3.55. The van der Waals surface area contributed by atoms with Crippen LogP contribution in [-0.4, -0.2) is 44.1 Å². The van der Waals surface area contributed by atoms with E-state index in [-0.39, 0.29) is 5.91 Å². The van der Waals surface area contributed by atoms with Crippen LogP contribution in [0.4, 0.5) is 5.69 Å². The number of carbonyl (C=O) groups excluding carboxylic acids is 2. The first-order valence-corrected chi connectivity index (χ1v) is 10.9. The van der Waals surface area contributed by atoms with Crippen LogP contribution in [0, 0.1) is 0 Å². The van der Waals surface area contributed by atoms with E-state index >= 15 is 0 Å². The van der Waals surface area contributed by atoms with Crippen molar-refractivity contribution in [2.45, 2.75) is 44.4 Å². The highest BCUT2D eigenvalue weighted by Crippen LogP contribution is 2.39. The molecule has 0 fully saturated rings. The van der Waals surface area contributed by atoms with E-state index in [2.05, 4.69) is 5.32 Å². The van der Waals surface area contributed by atoms with Crippen LogP contribution in [0.3, 0.4) is 0 Å². The number of hydrogen-bond acceptors (Lipinski definition) is 6. The van der Waals surface area contributed by atoms with Crippen LogP contribution in [0.2, 0.25) is 0 Å². The molecule has 8 nitrogen and oxygen atoms in total. The summed E-state index contributed by atoms with van der Waals surface area (Å²) < 4.78 is 12.2. The zero-order valence-corrected chi connectivity index (χ0v) is 18.6. The minimum atomic E-state index is -0.936. The summed E-state index contributed by atoms with van der Waals surface area (Å²) in [5.41, 5.74) is 12.6. The van der Waals surface area contributed by atoms with Crippen molar-refractivity contribution in [3.63, 3.8) is 0 Å². The molecular weight excluding hydrogens is 408 g/mol. The fraction of sp³-hybridized carbons (Fsp3) is 0.417. The highest BCUT2D eigenvalue weighted by Gasteiger charge is 2.39. The standard InChI is InChI=1S/C24H32N4O4/c1-16(26)23(29)27-21-22(17-9-5-3-6-10-17)32-20-12-11-18(31-14-8-4-7-13-25)15-19(20)28(2)24(21)30/h3,5-6,9-12,15-16,21-22H,4,7-8,13-14,25-26H2,1-2H3,(H,27,29)/t16-,21-,22+/m0/s1. The van der Waals surface area contributed by atoms with Gasteiger partial charge in [-0.15, -0.1) is 0 Å². The lowest BCUT2D eigenvalue weighted by molar-refractivity contribution is -0.129. The van der Waals surface area contributed by atoms with E-state index in [1.165, 1.54) is 4.90 Å². The highest BCUT2D eigenvalue weighted by molar-refractivity contribution is 6.01. The van der Waals surface area contributed by atoms with E-state index < -0.39 is 24.1 Å². The SMILES string of the molecule is C[C@H](N)C(=O)N[C@@H]1C(=O)N(C)c2cc(OCCCCCN)ccc2O[C@@H]1c1ccccc1. The Morgan fingerprint density at radius 2 is 1.94 bits per heavy atom. The molecule has 0 spiro atoms. The topological polar surface area (TPSA) is 120 Å². The summed E-state index contributed by atoms with van der Waals surface area (Å²) in [6, 6.07) is 13.1. The van der Waals surface area contributed by atoms with Gasteiger partial charge in [0.2, 0.25) is 5.91 Å². The third-order valence-corrected chi connectivity index (χ3v) is 5.40. The van der Waals surface area contributed by atoms with E-state index in [1.54, 1.807) is 26.1 Å². The minimum absolute atomic E-state index is 0.299. The Labute approximate surface area is 188 Å². The van der Waals surface area contributed by atoms with Crippen LogP contribution in [0.25, 0.3) is 0 Å². The molecule has 0 bridgehead atoms. The third kappa shape index (κ3) is 5.57. The second-order valence-corrected chi connectivity index (χ2v) is 7.95. The van der Waals surface area contributed by atoms with Gasteiger partial charge in [0.1, 0.15) is 17.5 Å². The van der Waals surface area contributed by atoms with Crippen molar-refractivity contribution in [3.05, 3.63) is 54.1 Å². The van der Waals surface area contributed by atoms with Crippen LogP contribution in [-0.2, 0) is 9.59 Å². The second-order valence-electron chi connectivity index (χ2n) is 7.95. The molecule has 3 rings (SSSR count). The van der Waals surface area contributed by atoms with Crippen LogP contribution < -0.4 is 31.2 Å². The smallest absolute Gasteiger partial charge is 0.253 e. The van der Waals surface area contributed by atoms with Crippen LogP contribution >= 0.6 is 0 Å². The van der Waals surface area contributed by atoms with Gasteiger partial charge in [-0.05, 0) is 50.4 Å². The number of nitrogens with two attached hydrogens (primary N) is 2. The Morgan fingerprint density at radius 1 is 1.19 bits per heavy atom. The van der Waals surface area contributed by atoms with Gasteiger partial charge in [-0.25, -0.2) is 0 Å². The fourth-order valence-corrected chi connectivity index (χ4v) is 3.55. The van der Waals surface area contributed by atoms with Gasteiger partial charge in [0, 0.05) is 13.1 Å². The third-order valence-electron chi connectivity index (χ3n) is 5.40. The van der Waals surface area contributed by atoms with Crippen molar-refractivity contribution in [2.75, 3.05) is 25.1 Å². The Balaban J connectivity index is 1.89. The summed E-state index contributed by atoms with van der Waals surface area (Å²) in [5.74, 6) is 0.456. The molecule has 2 amide bonds. The minimum Gasteiger partial charge on any atom is -0.494 e. The molecule has 8 heteroatoms. The monoisotopic (exact) mass is 440 g/mol. The van der Waals surface area contributed by atoms with Gasteiger partial charge in [0.05, 0.1) is 18.3 Å². The molecule has 1 aliphatic rings. The van der Waals surface area contributed by atoms with Gasteiger partial charge in [-0.1, -0.05) is 30.3 Å². The molecule has 0 aliphatic carbocycles. The van der Waals surface area contributed by atoms with Crippen LogP contribution in [0.1, 0.15) is 37.9 Å². The van der Waals surface area contributed by atoms with Crippen molar-refractivity contribution in [2.24, 2.45) is 11.5 Å². The number of nitrogens with zero attached hydrogens (tertiary/aromatic N) is 1. The maximum Gasteiger partial charge on any atom is 0.253 e. The van der Waals surface area contributed by atoms with Crippen molar-refractivity contribution < 1.29 is 19.1 Å². The largest absolute Gasteiger partial charge is 0.494 e. The number of unbranched alkanes of at least 4 members (excludes halogenated alkanes) is 2. The first-order chi connectivity index (χ1) is 15.4. The number of rotatable bonds is 9. The molecule has 0 unspecified atom stereocenters. The normalized spacial score (nSPS) is 18.9. The number of carbonyl (C=O) groups is 2. The van der Waals surface area contributed by atoms with E-state index in [0.717, 1.165) is 24.8 Å². The number of likely N-dealkylation sites (N-methyl/N-ethyl adjacent to an activating group) is 1. The number of nitrogens with one attached hydrogen (secondary N) is 1. The number of anilines is 1. The molecule has 32 heavy (non-hydrogen) atoms. The zero-order chi connectivity index (χ0) is 23.1. The molecule has 172 valence electrons. The Hall–Kier alpha value is -3.10. The van der Waals surface area contributed by atoms with Crippen molar-refractivity contribution in [1.82, 2.24) is 5.32 Å². The van der Waals surface area contributed by atoms with Crippen molar-refractivity contribution >= 4 is 17.5 Å². The Kier molecular flexibility index (Phi) is 8.08. The molecule has 2 aromatic rings. The van der Waals surface area contributed by atoms with Gasteiger partial charge in [0.15, 0.2) is 6.10 Å². The predicted molar refractivity (Wildman–Crippen MR) is 124 cm³/mol. The number of amides is 2. The maximum absolute atomic E-state index is 13.4. The summed E-state index contributed by atoms with van der Waals surface area (Å²) in [6.45, 7) is 2.81. The van der Waals surface area contributed by atoms with E-state index in [4.69, 9.17) is 20.9 Å². The quantitative estimate of drug-likeness (QED) is 0.514. The van der Waals surface area contributed by atoms with Gasteiger partial charge < -0.3 is 31.2 Å². The number of ether oxygens (including phenoxy) is 2. The summed E-state index contributed by atoms with van der Waals surface area (Å²) in [7, 11) is 1.66. The van der Waals surface area contributed by atoms with E-state index in [1.807, 2.05) is 36.4 Å². The average molecular weight is 441 g/mol. The molecule has 1 heterocycles. The first-order valence-electron chi connectivity index (χ1n) is 10.9. The van der Waals surface area contributed by atoms with Crippen LogP contribution in [0.15, 0.2) is 48.5 Å². The summed E-state index contributed by atoms with van der Waals surface area (Å²) in [6.07, 6.45) is 2.16. The molecule has 0 saturated carbocycles. The highest BCUT2D eigenvalue weighted by atomic mass is 16.5. The number of fused-ring (bicyclic) bond motifs is 1. The van der Waals surface area contributed by atoms with E-state index in [0.29, 0.717) is 30.3 Å². The van der Waals surface area contributed by atoms with Gasteiger partial charge in [-0.3, -0.25) is 9.59 Å². The Bertz CT molecular complexity index is 919. The molecular formula is C24H32N4O4. The molecule has 5 N–H and O–H groups in total. The lowest BCUT2D eigenvalue weighted by Crippen LogP contribution is -2.53. The number of benzene rings is 2. The summed E-state index contributed by atoms with van der Waals surface area (Å²) in [5, 5.41) is 2.77. The van der Waals surface area contributed by atoms with Crippen molar-refractivity contribution in [1.29, 1.82) is 0 Å².